The van der Waals surface area contributed by atoms with Crippen LogP contribution in [0.2, 0.25) is 5.02 Å². The van der Waals surface area contributed by atoms with Crippen LogP contribution in [0.5, 0.6) is 5.75 Å². The van der Waals surface area contributed by atoms with Gasteiger partial charge in [-0.3, -0.25) is 9.80 Å². The summed E-state index contributed by atoms with van der Waals surface area (Å²) in [7, 11) is 0. The Morgan fingerprint density at radius 3 is 2.68 bits per heavy atom. The van der Waals surface area contributed by atoms with Crippen LogP contribution < -0.4 is 4.74 Å². The average Bonchev–Trinajstić information content (AvgIpc) is 3.43. The second-order valence-electron chi connectivity index (χ2n) is 8.16. The second-order valence-corrected chi connectivity index (χ2v) is 9.71. The lowest BCUT2D eigenvalue weighted by Crippen LogP contribution is -2.47. The zero-order chi connectivity index (χ0) is 21.0. The highest BCUT2D eigenvalue weighted by molar-refractivity contribution is 7.15. The molecule has 0 amide bonds. The number of para-hydroxylation sites is 1. The first-order valence-corrected chi connectivity index (χ1v) is 12.2. The lowest BCUT2D eigenvalue weighted by Gasteiger charge is -2.33. The van der Waals surface area contributed by atoms with Gasteiger partial charge in [0.05, 0.1) is 16.4 Å². The molecule has 5 rings (SSSR count). The van der Waals surface area contributed by atoms with Gasteiger partial charge in [-0.1, -0.05) is 23.7 Å². The number of rotatable bonds is 7. The average molecular weight is 459 g/mol. The molecule has 2 aliphatic rings. The van der Waals surface area contributed by atoms with Crippen LogP contribution in [0.1, 0.15) is 29.2 Å². The van der Waals surface area contributed by atoms with Gasteiger partial charge in [0.1, 0.15) is 12.4 Å². The number of aromatic nitrogens is 2. The van der Waals surface area contributed by atoms with E-state index in [1.54, 1.807) is 0 Å². The predicted octanol–water partition coefficient (Wildman–Crippen LogP) is 4.53. The molecular weight excluding hydrogens is 432 g/mol. The van der Waals surface area contributed by atoms with Crippen molar-refractivity contribution in [1.82, 2.24) is 20.0 Å². The number of hydrogen-bond donors (Lipinski definition) is 0. The van der Waals surface area contributed by atoms with E-state index in [1.807, 2.05) is 35.6 Å². The largest absolute Gasteiger partial charge is 0.491 e. The van der Waals surface area contributed by atoms with E-state index in [0.717, 1.165) is 43.4 Å². The van der Waals surface area contributed by atoms with Gasteiger partial charge >= 0.3 is 0 Å². The van der Waals surface area contributed by atoms with Crippen LogP contribution in [0.25, 0.3) is 10.8 Å². The number of hydrogen-bond acceptors (Lipinski definition) is 7. The van der Waals surface area contributed by atoms with Crippen molar-refractivity contribution < 1.29 is 9.15 Å². The molecule has 0 unspecified atom stereocenters. The second kappa shape index (κ2) is 9.69. The predicted molar refractivity (Wildman–Crippen MR) is 123 cm³/mol. The van der Waals surface area contributed by atoms with Gasteiger partial charge in [-0.15, -0.1) is 21.5 Å². The lowest BCUT2D eigenvalue weighted by molar-refractivity contribution is 0.106. The molecule has 1 saturated heterocycles. The van der Waals surface area contributed by atoms with Crippen LogP contribution in [-0.2, 0) is 19.4 Å². The fourth-order valence-corrected chi connectivity index (χ4v) is 5.59. The third-order valence-corrected chi connectivity index (χ3v) is 7.54. The Kier molecular flexibility index (Phi) is 6.55. The number of aryl methyl sites for hydroxylation is 2. The van der Waals surface area contributed by atoms with Gasteiger partial charge in [0.15, 0.2) is 0 Å². The highest BCUT2D eigenvalue weighted by Gasteiger charge is 2.21. The zero-order valence-corrected chi connectivity index (χ0v) is 19.1. The fraction of sp³-hybridized carbons (Fsp3) is 0.478. The Balaban J connectivity index is 1.08. The molecule has 6 nitrogen and oxygen atoms in total. The van der Waals surface area contributed by atoms with Gasteiger partial charge in [-0.05, 0) is 49.4 Å². The van der Waals surface area contributed by atoms with Gasteiger partial charge in [0.25, 0.3) is 5.89 Å². The van der Waals surface area contributed by atoms with E-state index in [2.05, 4.69) is 26.1 Å². The van der Waals surface area contributed by atoms with E-state index in [1.165, 1.54) is 36.1 Å². The molecule has 3 heterocycles. The van der Waals surface area contributed by atoms with Crippen LogP contribution in [0, 0.1) is 0 Å². The number of benzene rings is 1. The smallest absolute Gasteiger partial charge is 0.257 e. The minimum absolute atomic E-state index is 0.640. The highest BCUT2D eigenvalue weighted by atomic mass is 35.5. The standard InChI is InChI=1S/C23H27ClN4O2S/c24-18-6-2-3-7-19(18)29-14-13-27-9-11-28(12-10-27)16-22-25-26-23(30-22)21-15-17-5-1-4-8-20(17)31-21/h2-3,6-7,15H,1,4-5,8-14,16H2. The molecule has 1 aromatic carbocycles. The molecule has 8 heteroatoms. The number of halogens is 1. The number of nitrogens with zero attached hydrogens (tertiary/aromatic N) is 4. The van der Waals surface area contributed by atoms with E-state index >= 15 is 0 Å². The molecule has 3 aromatic rings. The monoisotopic (exact) mass is 458 g/mol. The Bertz CT molecular complexity index is 989. The highest BCUT2D eigenvalue weighted by Crippen LogP contribution is 2.35. The van der Waals surface area contributed by atoms with E-state index in [-0.39, 0.29) is 0 Å². The fourth-order valence-electron chi connectivity index (χ4n) is 4.22. The molecule has 1 aliphatic carbocycles. The van der Waals surface area contributed by atoms with Gasteiger partial charge in [-0.2, -0.15) is 0 Å². The molecule has 0 N–H and O–H groups in total. The van der Waals surface area contributed by atoms with E-state index in [0.29, 0.717) is 30.0 Å². The van der Waals surface area contributed by atoms with E-state index < -0.39 is 0 Å². The van der Waals surface area contributed by atoms with Crippen LogP contribution in [0.3, 0.4) is 0 Å². The van der Waals surface area contributed by atoms with Gasteiger partial charge in [0.2, 0.25) is 5.89 Å². The summed E-state index contributed by atoms with van der Waals surface area (Å²) in [5, 5.41) is 9.28. The van der Waals surface area contributed by atoms with Crippen molar-refractivity contribution in [3.63, 3.8) is 0 Å². The van der Waals surface area contributed by atoms with Crippen LogP contribution >= 0.6 is 22.9 Å². The summed E-state index contributed by atoms with van der Waals surface area (Å²) in [6.45, 7) is 6.22. The summed E-state index contributed by atoms with van der Waals surface area (Å²) in [6.07, 6.45) is 4.95. The Morgan fingerprint density at radius 2 is 1.84 bits per heavy atom. The first-order valence-electron chi connectivity index (χ1n) is 11.0. The summed E-state index contributed by atoms with van der Waals surface area (Å²) in [4.78, 5) is 7.41. The van der Waals surface area contributed by atoms with Crippen molar-refractivity contribution in [3.05, 3.63) is 51.7 Å². The third kappa shape index (κ3) is 5.12. The first-order chi connectivity index (χ1) is 15.2. The Hall–Kier alpha value is -1.93. The number of fused-ring (bicyclic) bond motifs is 1. The molecule has 0 spiro atoms. The third-order valence-electron chi connectivity index (χ3n) is 6.00. The summed E-state index contributed by atoms with van der Waals surface area (Å²) >= 11 is 7.96. The molecule has 0 radical (unpaired) electrons. The Labute approximate surface area is 191 Å². The molecular formula is C23H27ClN4O2S. The maximum absolute atomic E-state index is 6.14. The summed E-state index contributed by atoms with van der Waals surface area (Å²) in [6, 6.07) is 9.86. The van der Waals surface area contributed by atoms with Crippen molar-refractivity contribution in [3.8, 4) is 16.5 Å². The first kappa shape index (κ1) is 20.9. The van der Waals surface area contributed by atoms with Crippen molar-refractivity contribution in [2.24, 2.45) is 0 Å². The molecule has 31 heavy (non-hydrogen) atoms. The topological polar surface area (TPSA) is 54.6 Å². The maximum Gasteiger partial charge on any atom is 0.257 e. The van der Waals surface area contributed by atoms with Crippen molar-refractivity contribution in [2.75, 3.05) is 39.3 Å². The molecule has 0 saturated carbocycles. The van der Waals surface area contributed by atoms with Gasteiger partial charge in [-0.25, -0.2) is 0 Å². The van der Waals surface area contributed by atoms with Crippen LogP contribution in [0.15, 0.2) is 34.7 Å². The van der Waals surface area contributed by atoms with Gasteiger partial charge < -0.3 is 9.15 Å². The molecule has 2 aromatic heterocycles. The molecule has 164 valence electrons. The number of piperazine rings is 1. The van der Waals surface area contributed by atoms with Gasteiger partial charge in [0, 0.05) is 37.6 Å². The van der Waals surface area contributed by atoms with Crippen LogP contribution in [-0.4, -0.2) is 59.3 Å². The SMILES string of the molecule is Clc1ccccc1OCCN1CCN(Cc2nnc(-c3cc4c(s3)CCCC4)o2)CC1. The Morgan fingerprint density at radius 1 is 1.03 bits per heavy atom. The molecule has 0 bridgehead atoms. The quantitative estimate of drug-likeness (QED) is 0.518. The lowest BCUT2D eigenvalue weighted by atomic mass is 9.99. The van der Waals surface area contributed by atoms with Crippen LogP contribution in [0.4, 0.5) is 0 Å². The summed E-state index contributed by atoms with van der Waals surface area (Å²) < 4.78 is 11.8. The molecule has 1 fully saturated rings. The van der Waals surface area contributed by atoms with Crippen molar-refractivity contribution in [2.45, 2.75) is 32.2 Å². The number of thiophene rings is 1. The summed E-state index contributed by atoms with van der Waals surface area (Å²) in [5.41, 5.74) is 1.47. The molecule has 0 atom stereocenters. The normalized spacial score (nSPS) is 17.6. The van der Waals surface area contributed by atoms with Crippen molar-refractivity contribution >= 4 is 22.9 Å². The minimum Gasteiger partial charge on any atom is -0.491 e. The van der Waals surface area contributed by atoms with E-state index in [9.17, 15) is 0 Å². The van der Waals surface area contributed by atoms with Crippen molar-refractivity contribution in [1.29, 1.82) is 0 Å². The molecule has 1 aliphatic heterocycles. The zero-order valence-electron chi connectivity index (χ0n) is 17.6. The summed E-state index contributed by atoms with van der Waals surface area (Å²) in [5.74, 6) is 2.13. The van der Waals surface area contributed by atoms with E-state index in [4.69, 9.17) is 20.8 Å². The number of ether oxygens (including phenoxy) is 1. The minimum atomic E-state index is 0.640. The maximum atomic E-state index is 6.14.